The first-order valence-corrected chi connectivity index (χ1v) is 4.05. The number of aldehydes is 1. The van der Waals surface area contributed by atoms with Crippen LogP contribution >= 0.6 is 0 Å². The molecular formula is C9H11N2O3+. The quantitative estimate of drug-likeness (QED) is 0.501. The average Bonchev–Trinajstić information content (AvgIpc) is 2.39. The van der Waals surface area contributed by atoms with E-state index < -0.39 is 6.09 Å². The predicted molar refractivity (Wildman–Crippen MR) is 50.0 cm³/mol. The van der Waals surface area contributed by atoms with Crippen molar-refractivity contribution in [3.05, 3.63) is 23.8 Å². The van der Waals surface area contributed by atoms with E-state index in [1.807, 2.05) is 0 Å². The SMILES string of the molecule is NC(=O)OC[N+]1=CC=C(C=O)C=CC1. The zero-order valence-corrected chi connectivity index (χ0v) is 7.55. The monoisotopic (exact) mass is 195 g/mol. The molecule has 5 nitrogen and oxygen atoms in total. The van der Waals surface area contributed by atoms with Crippen molar-refractivity contribution in [3.63, 3.8) is 0 Å². The highest BCUT2D eigenvalue weighted by molar-refractivity contribution is 5.85. The van der Waals surface area contributed by atoms with Gasteiger partial charge in [-0.3, -0.25) is 4.79 Å². The number of allylic oxidation sites excluding steroid dienone is 3. The summed E-state index contributed by atoms with van der Waals surface area (Å²) in [5.41, 5.74) is 5.39. The minimum atomic E-state index is -0.814. The maximum absolute atomic E-state index is 10.4. The highest BCUT2D eigenvalue weighted by Crippen LogP contribution is 1.95. The van der Waals surface area contributed by atoms with Crippen LogP contribution in [0.15, 0.2) is 23.8 Å². The smallest absolute Gasteiger partial charge is 0.389 e. The Bertz CT molecular complexity index is 329. The number of amides is 1. The van der Waals surface area contributed by atoms with Crippen molar-refractivity contribution >= 4 is 18.6 Å². The molecule has 1 rings (SSSR count). The minimum absolute atomic E-state index is 0.0856. The summed E-state index contributed by atoms with van der Waals surface area (Å²) in [6.45, 7) is 0.656. The van der Waals surface area contributed by atoms with Gasteiger partial charge in [-0.05, 0) is 12.2 Å². The summed E-state index contributed by atoms with van der Waals surface area (Å²) in [5, 5.41) is 0. The van der Waals surface area contributed by atoms with Crippen molar-refractivity contribution in [1.82, 2.24) is 0 Å². The molecule has 0 aromatic rings. The maximum atomic E-state index is 10.4. The third kappa shape index (κ3) is 3.22. The summed E-state index contributed by atoms with van der Waals surface area (Å²) in [7, 11) is 0. The van der Waals surface area contributed by atoms with Gasteiger partial charge in [0, 0.05) is 11.6 Å². The number of hydrogen-bond acceptors (Lipinski definition) is 3. The summed E-state index contributed by atoms with van der Waals surface area (Å²) < 4.78 is 6.29. The fourth-order valence-corrected chi connectivity index (χ4v) is 0.953. The number of ether oxygens (including phenoxy) is 1. The van der Waals surface area contributed by atoms with Gasteiger partial charge in [-0.15, -0.1) is 0 Å². The number of rotatable bonds is 3. The molecule has 1 aliphatic rings. The zero-order chi connectivity index (χ0) is 10.4. The molecule has 0 saturated heterocycles. The third-order valence-corrected chi connectivity index (χ3v) is 1.64. The lowest BCUT2D eigenvalue weighted by Gasteiger charge is -1.98. The Kier molecular flexibility index (Phi) is 3.60. The highest BCUT2D eigenvalue weighted by atomic mass is 16.6. The van der Waals surface area contributed by atoms with Crippen LogP contribution in [0.5, 0.6) is 0 Å². The van der Waals surface area contributed by atoms with Gasteiger partial charge < -0.3 is 10.5 Å². The molecule has 1 aliphatic heterocycles. The molecule has 0 unspecified atom stereocenters. The van der Waals surface area contributed by atoms with Crippen LogP contribution < -0.4 is 5.73 Å². The van der Waals surface area contributed by atoms with Gasteiger partial charge >= 0.3 is 6.09 Å². The van der Waals surface area contributed by atoms with Crippen molar-refractivity contribution in [1.29, 1.82) is 0 Å². The molecule has 0 radical (unpaired) electrons. The van der Waals surface area contributed by atoms with Gasteiger partial charge in [0.25, 0.3) is 6.73 Å². The van der Waals surface area contributed by atoms with Gasteiger partial charge in [0.1, 0.15) is 6.29 Å². The van der Waals surface area contributed by atoms with E-state index in [4.69, 9.17) is 5.73 Å². The largest absolute Gasteiger partial charge is 0.409 e. The summed E-state index contributed by atoms with van der Waals surface area (Å²) in [6.07, 6.45) is 6.76. The van der Waals surface area contributed by atoms with Crippen LogP contribution in [-0.2, 0) is 9.53 Å². The summed E-state index contributed by atoms with van der Waals surface area (Å²) in [4.78, 5) is 20.7. The summed E-state index contributed by atoms with van der Waals surface area (Å²) >= 11 is 0. The molecule has 0 aromatic carbocycles. The summed E-state index contributed by atoms with van der Waals surface area (Å²) in [5.74, 6) is 0. The molecule has 5 heteroatoms. The number of primary amides is 1. The number of carbonyl (C=O) groups is 2. The molecule has 0 aliphatic carbocycles. The zero-order valence-electron chi connectivity index (χ0n) is 7.55. The molecule has 0 fully saturated rings. The topological polar surface area (TPSA) is 72.4 Å². The highest BCUT2D eigenvalue weighted by Gasteiger charge is 2.05. The molecule has 0 aromatic heterocycles. The fourth-order valence-electron chi connectivity index (χ4n) is 0.953. The molecular weight excluding hydrogens is 184 g/mol. The average molecular weight is 195 g/mol. The van der Waals surface area contributed by atoms with Crippen LogP contribution in [0, 0.1) is 0 Å². The fraction of sp³-hybridized carbons (Fsp3) is 0.222. The Hall–Kier alpha value is -1.91. The second-order valence-electron chi connectivity index (χ2n) is 2.70. The van der Waals surface area contributed by atoms with Crippen LogP contribution in [0.2, 0.25) is 0 Å². The Morgan fingerprint density at radius 2 is 2.50 bits per heavy atom. The van der Waals surface area contributed by atoms with Crippen molar-refractivity contribution in [3.8, 4) is 0 Å². The van der Waals surface area contributed by atoms with Crippen molar-refractivity contribution in [2.75, 3.05) is 13.3 Å². The lowest BCUT2D eigenvalue weighted by molar-refractivity contribution is -0.547. The molecule has 14 heavy (non-hydrogen) atoms. The van der Waals surface area contributed by atoms with E-state index in [9.17, 15) is 9.59 Å². The molecule has 0 bridgehead atoms. The second-order valence-corrected chi connectivity index (χ2v) is 2.70. The standard InChI is InChI=1S/C9H10N2O3/c10-9(13)14-7-11-4-1-2-8(6-12)3-5-11/h1-3,5-6H,4,7H2,(H-,10,13)/p+1. The second kappa shape index (κ2) is 4.96. The first-order valence-electron chi connectivity index (χ1n) is 4.05. The van der Waals surface area contributed by atoms with E-state index in [1.165, 1.54) is 0 Å². The number of hydrogen-bond donors (Lipinski definition) is 1. The van der Waals surface area contributed by atoms with Crippen molar-refractivity contribution in [2.45, 2.75) is 0 Å². The van der Waals surface area contributed by atoms with E-state index in [-0.39, 0.29) is 6.73 Å². The van der Waals surface area contributed by atoms with Crippen LogP contribution in [0.1, 0.15) is 0 Å². The van der Waals surface area contributed by atoms with Crippen molar-refractivity contribution < 1.29 is 18.9 Å². The molecule has 0 spiro atoms. The molecule has 74 valence electrons. The molecule has 1 amide bonds. The Morgan fingerprint density at radius 3 is 3.14 bits per heavy atom. The number of carbonyl (C=O) groups excluding carboxylic acids is 2. The minimum Gasteiger partial charge on any atom is -0.389 e. The van der Waals surface area contributed by atoms with E-state index >= 15 is 0 Å². The van der Waals surface area contributed by atoms with Gasteiger partial charge in [-0.25, -0.2) is 4.79 Å². The van der Waals surface area contributed by atoms with E-state index in [0.717, 1.165) is 6.29 Å². The normalized spacial score (nSPS) is 15.1. The van der Waals surface area contributed by atoms with Gasteiger partial charge in [0.05, 0.1) is 0 Å². The van der Waals surface area contributed by atoms with Gasteiger partial charge in [-0.1, -0.05) is 0 Å². The van der Waals surface area contributed by atoms with Crippen LogP contribution in [0.25, 0.3) is 0 Å². The van der Waals surface area contributed by atoms with Crippen LogP contribution in [-0.4, -0.2) is 36.4 Å². The molecule has 1 heterocycles. The molecule has 2 N–H and O–H groups in total. The van der Waals surface area contributed by atoms with Crippen LogP contribution in [0.3, 0.4) is 0 Å². The number of nitrogens with two attached hydrogens (primary N) is 1. The van der Waals surface area contributed by atoms with Crippen molar-refractivity contribution in [2.24, 2.45) is 5.73 Å². The molecule has 0 atom stereocenters. The van der Waals surface area contributed by atoms with Crippen LogP contribution in [0.4, 0.5) is 4.79 Å². The maximum Gasteiger partial charge on any atom is 0.409 e. The lowest BCUT2D eigenvalue weighted by atomic mass is 10.3. The predicted octanol–water partition coefficient (Wildman–Crippen LogP) is -0.182. The number of nitrogens with zero attached hydrogens (tertiary/aromatic N) is 1. The Morgan fingerprint density at radius 1 is 1.71 bits per heavy atom. The summed E-state index contributed by atoms with van der Waals surface area (Å²) in [6, 6.07) is 0. The Labute approximate surface area is 81.2 Å². The van der Waals surface area contributed by atoms with E-state index in [1.54, 1.807) is 29.0 Å². The van der Waals surface area contributed by atoms with Gasteiger partial charge in [0.15, 0.2) is 12.8 Å². The van der Waals surface area contributed by atoms with E-state index in [0.29, 0.717) is 12.1 Å². The third-order valence-electron chi connectivity index (χ3n) is 1.64. The van der Waals surface area contributed by atoms with E-state index in [2.05, 4.69) is 4.74 Å². The first-order chi connectivity index (χ1) is 6.72. The molecule has 0 saturated carbocycles. The van der Waals surface area contributed by atoms with Gasteiger partial charge in [-0.2, -0.15) is 4.58 Å². The van der Waals surface area contributed by atoms with Gasteiger partial charge in [0.2, 0.25) is 0 Å². The first kappa shape index (κ1) is 10.2. The Balaban J connectivity index is 2.59. The lowest BCUT2D eigenvalue weighted by Crippen LogP contribution is -2.22.